The molecule has 1 N–H and O–H groups in total. The minimum absolute atomic E-state index is 0.00133. The van der Waals surface area contributed by atoms with E-state index in [1.165, 1.54) is 0 Å². The fourth-order valence-electron chi connectivity index (χ4n) is 2.20. The van der Waals surface area contributed by atoms with Crippen LogP contribution in [0.5, 0.6) is 0 Å². The van der Waals surface area contributed by atoms with Crippen molar-refractivity contribution in [3.63, 3.8) is 0 Å². The second kappa shape index (κ2) is 6.89. The van der Waals surface area contributed by atoms with Gasteiger partial charge in [-0.1, -0.05) is 18.2 Å². The molecule has 2 heterocycles. The van der Waals surface area contributed by atoms with E-state index >= 15 is 0 Å². The van der Waals surface area contributed by atoms with Crippen molar-refractivity contribution in [3.05, 3.63) is 75.2 Å². The largest absolute Gasteiger partial charge is 0.349 e. The Kier molecular flexibility index (Phi) is 4.70. The number of hydrogen-bond donors (Lipinski definition) is 1. The number of aromatic nitrogens is 2. The van der Waals surface area contributed by atoms with Crippen LogP contribution in [0.1, 0.15) is 21.3 Å². The van der Waals surface area contributed by atoms with Gasteiger partial charge in [-0.2, -0.15) is 5.10 Å². The van der Waals surface area contributed by atoms with Gasteiger partial charge in [0.2, 0.25) is 0 Å². The summed E-state index contributed by atoms with van der Waals surface area (Å²) in [5.41, 5.74) is 0.632. The zero-order valence-electron chi connectivity index (χ0n) is 11.6. The van der Waals surface area contributed by atoms with Gasteiger partial charge in [-0.3, -0.25) is 9.48 Å². The van der Waals surface area contributed by atoms with Gasteiger partial charge >= 0.3 is 0 Å². The van der Waals surface area contributed by atoms with E-state index in [-0.39, 0.29) is 11.9 Å². The Morgan fingerprint density at radius 1 is 1.27 bits per heavy atom. The van der Waals surface area contributed by atoms with Gasteiger partial charge in [-0.05, 0) is 45.6 Å². The zero-order valence-corrected chi connectivity index (χ0v) is 14.0. The highest BCUT2D eigenvalue weighted by Crippen LogP contribution is 2.22. The number of carbonyl (C=O) groups is 1. The number of carbonyl (C=O) groups excluding carboxylic acids is 1. The maximum absolute atomic E-state index is 12.3. The Balaban J connectivity index is 1.75. The van der Waals surface area contributed by atoms with Crippen molar-refractivity contribution in [2.24, 2.45) is 0 Å². The number of nitrogens with zero attached hydrogens (tertiary/aromatic N) is 2. The molecule has 0 aliphatic carbocycles. The quantitative estimate of drug-likeness (QED) is 0.738. The van der Waals surface area contributed by atoms with Gasteiger partial charge in [0.1, 0.15) is 6.04 Å². The highest BCUT2D eigenvalue weighted by Gasteiger charge is 2.17. The van der Waals surface area contributed by atoms with Crippen molar-refractivity contribution < 1.29 is 4.79 Å². The molecule has 2 aromatic heterocycles. The zero-order chi connectivity index (χ0) is 15.4. The molecule has 0 bridgehead atoms. The summed E-state index contributed by atoms with van der Waals surface area (Å²) < 4.78 is 2.66. The lowest BCUT2D eigenvalue weighted by Gasteiger charge is -2.17. The lowest BCUT2D eigenvalue weighted by molar-refractivity contribution is 0.0948. The predicted molar refractivity (Wildman–Crippen MR) is 91.2 cm³/mol. The average Bonchev–Trinajstić information content (AvgIpc) is 3.21. The second-order valence-electron chi connectivity index (χ2n) is 4.71. The summed E-state index contributed by atoms with van der Waals surface area (Å²) in [6.45, 7) is 0.488. The minimum atomic E-state index is -0.0961. The number of thiophene rings is 1. The molecule has 1 aromatic carbocycles. The first-order chi connectivity index (χ1) is 10.8. The standard InChI is InChI=1S/C16H14BrN3OS/c17-13-6-2-1-5-12(13)16(21)18-11-14(15-7-3-10-22-15)20-9-4-8-19-20/h1-10,14H,11H2,(H,18,21). The second-order valence-corrected chi connectivity index (χ2v) is 6.54. The first kappa shape index (κ1) is 15.0. The third-order valence-corrected chi connectivity index (χ3v) is 4.96. The van der Waals surface area contributed by atoms with Gasteiger partial charge in [-0.25, -0.2) is 0 Å². The number of halogens is 1. The molecular formula is C16H14BrN3OS. The summed E-state index contributed by atoms with van der Waals surface area (Å²) in [5, 5.41) is 9.33. The predicted octanol–water partition coefficient (Wildman–Crippen LogP) is 3.73. The van der Waals surface area contributed by atoms with E-state index in [2.05, 4.69) is 32.4 Å². The van der Waals surface area contributed by atoms with E-state index < -0.39 is 0 Å². The van der Waals surface area contributed by atoms with Crippen LogP contribution in [-0.2, 0) is 0 Å². The molecular weight excluding hydrogens is 362 g/mol. The molecule has 0 aliphatic rings. The lowest BCUT2D eigenvalue weighted by Crippen LogP contribution is -2.31. The van der Waals surface area contributed by atoms with Crippen LogP contribution >= 0.6 is 27.3 Å². The molecule has 6 heteroatoms. The molecule has 22 heavy (non-hydrogen) atoms. The van der Waals surface area contributed by atoms with Crippen LogP contribution in [0.4, 0.5) is 0 Å². The van der Waals surface area contributed by atoms with Crippen LogP contribution in [0.3, 0.4) is 0 Å². The molecule has 1 atom stereocenters. The molecule has 1 unspecified atom stereocenters. The van der Waals surface area contributed by atoms with E-state index in [1.54, 1.807) is 23.6 Å². The van der Waals surface area contributed by atoms with Crippen LogP contribution in [0.15, 0.2) is 64.7 Å². The number of hydrogen-bond acceptors (Lipinski definition) is 3. The molecule has 3 aromatic rings. The van der Waals surface area contributed by atoms with E-state index in [4.69, 9.17) is 0 Å². The van der Waals surface area contributed by atoms with Crippen LogP contribution in [0.25, 0.3) is 0 Å². The molecule has 112 valence electrons. The third kappa shape index (κ3) is 3.28. The van der Waals surface area contributed by atoms with Crippen molar-refractivity contribution in [1.29, 1.82) is 0 Å². The van der Waals surface area contributed by atoms with Gasteiger partial charge in [0, 0.05) is 28.3 Å². The Hall–Kier alpha value is -1.92. The fourth-order valence-corrected chi connectivity index (χ4v) is 3.48. The van der Waals surface area contributed by atoms with Gasteiger partial charge in [0.15, 0.2) is 0 Å². The first-order valence-electron chi connectivity index (χ1n) is 6.81. The molecule has 4 nitrogen and oxygen atoms in total. The van der Waals surface area contributed by atoms with Gasteiger partial charge in [-0.15, -0.1) is 11.3 Å². The summed E-state index contributed by atoms with van der Waals surface area (Å²) in [6.07, 6.45) is 3.66. The van der Waals surface area contributed by atoms with Crippen molar-refractivity contribution >= 4 is 33.2 Å². The maximum atomic E-state index is 12.3. The highest BCUT2D eigenvalue weighted by atomic mass is 79.9. The molecule has 0 fully saturated rings. The minimum Gasteiger partial charge on any atom is -0.349 e. The molecule has 0 radical (unpaired) electrons. The van der Waals surface area contributed by atoms with Crippen LogP contribution in [0.2, 0.25) is 0 Å². The number of benzene rings is 1. The van der Waals surface area contributed by atoms with Crippen LogP contribution in [-0.4, -0.2) is 22.2 Å². The van der Waals surface area contributed by atoms with Crippen molar-refractivity contribution in [1.82, 2.24) is 15.1 Å². The summed E-state index contributed by atoms with van der Waals surface area (Å²) in [6, 6.07) is 13.3. The topological polar surface area (TPSA) is 46.9 Å². The van der Waals surface area contributed by atoms with Gasteiger partial charge in [0.05, 0.1) is 5.56 Å². The van der Waals surface area contributed by atoms with E-state index in [0.29, 0.717) is 12.1 Å². The van der Waals surface area contributed by atoms with Gasteiger partial charge in [0.25, 0.3) is 5.91 Å². The molecule has 1 amide bonds. The van der Waals surface area contributed by atoms with Crippen molar-refractivity contribution in [2.75, 3.05) is 6.54 Å². The maximum Gasteiger partial charge on any atom is 0.252 e. The molecule has 0 aliphatic heterocycles. The van der Waals surface area contributed by atoms with E-state index in [1.807, 2.05) is 46.6 Å². The highest BCUT2D eigenvalue weighted by molar-refractivity contribution is 9.10. The summed E-state index contributed by atoms with van der Waals surface area (Å²) >= 11 is 5.06. The Morgan fingerprint density at radius 3 is 2.82 bits per heavy atom. The summed E-state index contributed by atoms with van der Waals surface area (Å²) in [4.78, 5) is 13.5. The van der Waals surface area contributed by atoms with Crippen molar-refractivity contribution in [2.45, 2.75) is 6.04 Å². The molecule has 0 spiro atoms. The Morgan fingerprint density at radius 2 is 2.14 bits per heavy atom. The SMILES string of the molecule is O=C(NCC(c1cccs1)n1cccn1)c1ccccc1Br. The number of rotatable bonds is 5. The summed E-state index contributed by atoms with van der Waals surface area (Å²) in [7, 11) is 0. The Labute approximate surface area is 140 Å². The smallest absolute Gasteiger partial charge is 0.252 e. The average molecular weight is 376 g/mol. The molecule has 3 rings (SSSR count). The van der Waals surface area contributed by atoms with E-state index in [9.17, 15) is 4.79 Å². The van der Waals surface area contributed by atoms with Gasteiger partial charge < -0.3 is 5.32 Å². The van der Waals surface area contributed by atoms with E-state index in [0.717, 1.165) is 9.35 Å². The number of nitrogens with one attached hydrogen (secondary N) is 1. The fraction of sp³-hybridized carbons (Fsp3) is 0.125. The first-order valence-corrected chi connectivity index (χ1v) is 8.48. The third-order valence-electron chi connectivity index (χ3n) is 3.29. The lowest BCUT2D eigenvalue weighted by atomic mass is 10.2. The molecule has 0 saturated carbocycles. The Bertz CT molecular complexity index is 706. The van der Waals surface area contributed by atoms with Crippen molar-refractivity contribution in [3.8, 4) is 0 Å². The monoisotopic (exact) mass is 375 g/mol. The summed E-state index contributed by atoms with van der Waals surface area (Å²) in [5.74, 6) is -0.0961. The number of amides is 1. The van der Waals surface area contributed by atoms with Crippen LogP contribution in [0, 0.1) is 0 Å². The molecule has 0 saturated heterocycles. The van der Waals surface area contributed by atoms with Crippen LogP contribution < -0.4 is 5.32 Å². The normalized spacial score (nSPS) is 12.0.